The number of nitrogens with one attached hydrogen (secondary N) is 1. The molecule has 2 unspecified atom stereocenters. The van der Waals surface area contributed by atoms with E-state index in [4.69, 9.17) is 0 Å². The average Bonchev–Trinajstić information content (AvgIpc) is 3.44. The Morgan fingerprint density at radius 2 is 2.13 bits per heavy atom. The highest BCUT2D eigenvalue weighted by Gasteiger charge is 2.50. The third kappa shape index (κ3) is 3.76. The van der Waals surface area contributed by atoms with Crippen LogP contribution < -0.4 is 5.32 Å². The second kappa shape index (κ2) is 7.41. The molecular formula is C18H21N7O5S. The number of carbonyl (C=O) groups is 3. The Kier molecular flexibility index (Phi) is 5.00. The van der Waals surface area contributed by atoms with Crippen LogP contribution in [0.4, 0.5) is 4.79 Å². The zero-order valence-electron chi connectivity index (χ0n) is 16.9. The number of aromatic nitrogens is 4. The number of nitrogens with zero attached hydrogens (tertiary/aromatic N) is 6. The van der Waals surface area contributed by atoms with Crippen LogP contribution in [0.15, 0.2) is 30.6 Å². The Bertz CT molecular complexity index is 1150. The first-order valence-electron chi connectivity index (χ1n) is 9.55. The zero-order chi connectivity index (χ0) is 22.4. The van der Waals surface area contributed by atoms with Gasteiger partial charge in [0.2, 0.25) is 5.91 Å². The fourth-order valence-electron chi connectivity index (χ4n) is 3.81. The van der Waals surface area contributed by atoms with Gasteiger partial charge >= 0.3 is 6.03 Å². The Labute approximate surface area is 178 Å². The van der Waals surface area contributed by atoms with E-state index in [-0.39, 0.29) is 11.5 Å². The summed E-state index contributed by atoms with van der Waals surface area (Å²) in [7, 11) is -1.68. The summed E-state index contributed by atoms with van der Waals surface area (Å²) in [5.41, 5.74) is -0.275. The highest BCUT2D eigenvalue weighted by Crippen LogP contribution is 2.30. The molecule has 2 aliphatic heterocycles. The van der Waals surface area contributed by atoms with Crippen LogP contribution in [0, 0.1) is 0 Å². The summed E-state index contributed by atoms with van der Waals surface area (Å²) in [6.45, 7) is 1.09. The second-order valence-electron chi connectivity index (χ2n) is 7.81. The molecule has 3 heterocycles. The molecule has 0 spiro atoms. The van der Waals surface area contributed by atoms with E-state index >= 15 is 0 Å². The molecule has 4 rings (SSSR count). The topological polar surface area (TPSA) is 147 Å². The maximum atomic E-state index is 13.1. The van der Waals surface area contributed by atoms with E-state index in [1.807, 2.05) is 0 Å². The maximum absolute atomic E-state index is 13.1. The van der Waals surface area contributed by atoms with Crippen molar-refractivity contribution in [3.63, 3.8) is 0 Å². The van der Waals surface area contributed by atoms with Crippen molar-refractivity contribution in [2.45, 2.75) is 24.9 Å². The van der Waals surface area contributed by atoms with Crippen molar-refractivity contribution in [2.75, 3.05) is 25.1 Å². The van der Waals surface area contributed by atoms with Crippen molar-refractivity contribution in [3.05, 3.63) is 36.2 Å². The predicted octanol–water partition coefficient (Wildman–Crippen LogP) is -0.925. The van der Waals surface area contributed by atoms with Gasteiger partial charge in [0, 0.05) is 13.1 Å². The number of amides is 4. The standard InChI is InChI=1S/C18H21N7O5S/c1-18(12-4-3-5-13(8-12)25-11-19-21-22-25)16(27)24(17(28)20-18)9-15(26)23(2)14-6-7-31(29,30)10-14/h3-5,8,11,14H,6-7,9-10H2,1-2H3,(H,20,28). The van der Waals surface area contributed by atoms with E-state index in [1.54, 1.807) is 31.2 Å². The minimum atomic E-state index is -3.17. The summed E-state index contributed by atoms with van der Waals surface area (Å²) >= 11 is 0. The Balaban J connectivity index is 1.52. The molecule has 2 aromatic rings. The first-order chi connectivity index (χ1) is 14.6. The van der Waals surface area contributed by atoms with Crippen LogP contribution in [-0.4, -0.2) is 87.4 Å². The van der Waals surface area contributed by atoms with Crippen LogP contribution in [0.1, 0.15) is 18.9 Å². The minimum Gasteiger partial charge on any atom is -0.340 e. The van der Waals surface area contributed by atoms with Gasteiger partial charge in [-0.2, -0.15) is 0 Å². The van der Waals surface area contributed by atoms with Gasteiger partial charge < -0.3 is 10.2 Å². The first kappa shape index (κ1) is 20.9. The highest BCUT2D eigenvalue weighted by atomic mass is 32.2. The summed E-state index contributed by atoms with van der Waals surface area (Å²) in [5, 5.41) is 13.6. The molecule has 0 bridgehead atoms. The summed E-state index contributed by atoms with van der Waals surface area (Å²) < 4.78 is 24.8. The van der Waals surface area contributed by atoms with E-state index in [1.165, 1.54) is 23.0 Å². The number of benzene rings is 1. The number of hydrogen-bond acceptors (Lipinski definition) is 8. The fraction of sp³-hybridized carbons (Fsp3) is 0.444. The molecule has 2 aliphatic rings. The largest absolute Gasteiger partial charge is 0.340 e. The summed E-state index contributed by atoms with van der Waals surface area (Å²) in [4.78, 5) is 40.5. The number of hydrogen-bond donors (Lipinski definition) is 1. The molecule has 0 aliphatic carbocycles. The lowest BCUT2D eigenvalue weighted by Gasteiger charge is -2.26. The quantitative estimate of drug-likeness (QED) is 0.579. The van der Waals surface area contributed by atoms with Crippen LogP contribution >= 0.6 is 0 Å². The van der Waals surface area contributed by atoms with Gasteiger partial charge in [0.25, 0.3) is 5.91 Å². The number of carbonyl (C=O) groups excluding carboxylic acids is 3. The third-order valence-electron chi connectivity index (χ3n) is 5.75. The minimum absolute atomic E-state index is 0.0219. The third-order valence-corrected chi connectivity index (χ3v) is 7.51. The number of sulfone groups is 1. The lowest BCUT2D eigenvalue weighted by Crippen LogP contribution is -2.46. The monoisotopic (exact) mass is 447 g/mol. The molecule has 2 atom stereocenters. The molecule has 0 radical (unpaired) electrons. The Morgan fingerprint density at radius 1 is 1.35 bits per heavy atom. The first-order valence-corrected chi connectivity index (χ1v) is 11.4. The molecule has 0 saturated carbocycles. The van der Waals surface area contributed by atoms with Crippen molar-refractivity contribution in [2.24, 2.45) is 0 Å². The smallest absolute Gasteiger partial charge is 0.325 e. The molecule has 12 nitrogen and oxygen atoms in total. The summed E-state index contributed by atoms with van der Waals surface area (Å²) in [5.74, 6) is -1.17. The molecule has 1 N–H and O–H groups in total. The number of likely N-dealkylation sites (N-methyl/N-ethyl adjacent to an activating group) is 1. The van der Waals surface area contributed by atoms with E-state index in [0.29, 0.717) is 17.7 Å². The molecular weight excluding hydrogens is 426 g/mol. The van der Waals surface area contributed by atoms with Crippen LogP contribution in [0.3, 0.4) is 0 Å². The lowest BCUT2D eigenvalue weighted by molar-refractivity contribution is -0.139. The molecule has 13 heteroatoms. The molecule has 164 valence electrons. The van der Waals surface area contributed by atoms with E-state index in [0.717, 1.165) is 4.90 Å². The number of urea groups is 1. The average molecular weight is 447 g/mol. The second-order valence-corrected chi connectivity index (χ2v) is 10.0. The molecule has 31 heavy (non-hydrogen) atoms. The van der Waals surface area contributed by atoms with E-state index in [9.17, 15) is 22.8 Å². The van der Waals surface area contributed by atoms with Gasteiger partial charge in [0.15, 0.2) is 9.84 Å². The number of tetrazole rings is 1. The van der Waals surface area contributed by atoms with Gasteiger partial charge in [0.05, 0.1) is 17.2 Å². The normalized spacial score (nSPS) is 25.0. The Hall–Kier alpha value is -3.35. The van der Waals surface area contributed by atoms with Gasteiger partial charge in [-0.1, -0.05) is 12.1 Å². The molecule has 2 saturated heterocycles. The molecule has 2 fully saturated rings. The van der Waals surface area contributed by atoms with Crippen LogP contribution in [0.2, 0.25) is 0 Å². The van der Waals surface area contributed by atoms with Gasteiger partial charge in [0.1, 0.15) is 18.4 Å². The van der Waals surface area contributed by atoms with Gasteiger partial charge in [-0.15, -0.1) is 5.10 Å². The van der Waals surface area contributed by atoms with Crippen molar-refractivity contribution < 1.29 is 22.8 Å². The van der Waals surface area contributed by atoms with Gasteiger partial charge in [-0.05, 0) is 41.5 Å². The zero-order valence-corrected chi connectivity index (χ0v) is 17.7. The predicted molar refractivity (Wildman–Crippen MR) is 107 cm³/mol. The van der Waals surface area contributed by atoms with Crippen molar-refractivity contribution in [1.82, 2.24) is 35.3 Å². The lowest BCUT2D eigenvalue weighted by atomic mass is 9.91. The molecule has 1 aromatic carbocycles. The van der Waals surface area contributed by atoms with Gasteiger partial charge in [-0.25, -0.2) is 17.9 Å². The van der Waals surface area contributed by atoms with Crippen LogP contribution in [-0.2, 0) is 25.0 Å². The summed E-state index contributed by atoms with van der Waals surface area (Å²) in [6.07, 6.45) is 1.74. The summed E-state index contributed by atoms with van der Waals surface area (Å²) in [6, 6.07) is 5.66. The number of rotatable bonds is 5. The highest BCUT2D eigenvalue weighted by molar-refractivity contribution is 7.91. The fourth-order valence-corrected chi connectivity index (χ4v) is 5.58. The van der Waals surface area contributed by atoms with E-state index in [2.05, 4.69) is 20.8 Å². The van der Waals surface area contributed by atoms with Crippen LogP contribution in [0.25, 0.3) is 5.69 Å². The molecule has 1 aromatic heterocycles. The maximum Gasteiger partial charge on any atom is 0.325 e. The Morgan fingerprint density at radius 3 is 2.77 bits per heavy atom. The van der Waals surface area contributed by atoms with Crippen molar-refractivity contribution >= 4 is 27.7 Å². The van der Waals surface area contributed by atoms with Crippen molar-refractivity contribution in [3.8, 4) is 5.69 Å². The van der Waals surface area contributed by atoms with Crippen LogP contribution in [0.5, 0.6) is 0 Å². The molecule has 4 amide bonds. The van der Waals surface area contributed by atoms with Gasteiger partial charge in [-0.3, -0.25) is 14.5 Å². The number of imide groups is 1. The van der Waals surface area contributed by atoms with E-state index < -0.39 is 45.8 Å². The van der Waals surface area contributed by atoms with Crippen molar-refractivity contribution in [1.29, 1.82) is 0 Å². The SMILES string of the molecule is CN(C(=O)CN1C(=O)NC(C)(c2cccc(-n3cnnn3)c2)C1=O)C1CCS(=O)(=O)C1.